The first-order valence-corrected chi connectivity index (χ1v) is 6.70. The lowest BCUT2D eigenvalue weighted by Crippen LogP contribution is -2.31. The molecule has 1 rings (SSSR count). The summed E-state index contributed by atoms with van der Waals surface area (Å²) in [6.07, 6.45) is 0.560. The molecule has 2 atom stereocenters. The molecule has 0 aromatic heterocycles. The average Bonchev–Trinajstić information content (AvgIpc) is 2.47. The number of carboxylic acid groups (broad SMARTS) is 1. The summed E-state index contributed by atoms with van der Waals surface area (Å²) in [6, 6.07) is 0. The van der Waals surface area contributed by atoms with Crippen molar-refractivity contribution >= 4 is 16.0 Å². The fourth-order valence-electron chi connectivity index (χ4n) is 1.86. The van der Waals surface area contributed by atoms with E-state index in [0.717, 1.165) is 0 Å². The van der Waals surface area contributed by atoms with Crippen molar-refractivity contribution in [3.63, 3.8) is 0 Å². The van der Waals surface area contributed by atoms with Gasteiger partial charge in [0, 0.05) is 13.1 Å². The van der Waals surface area contributed by atoms with Crippen molar-refractivity contribution < 1.29 is 18.3 Å². The maximum atomic E-state index is 11.7. The Balaban J connectivity index is 2.74. The number of aliphatic carboxylic acids is 1. The van der Waals surface area contributed by atoms with Gasteiger partial charge in [0.25, 0.3) is 0 Å². The van der Waals surface area contributed by atoms with Crippen molar-refractivity contribution in [3.05, 3.63) is 0 Å². The van der Waals surface area contributed by atoms with E-state index in [9.17, 15) is 13.2 Å². The van der Waals surface area contributed by atoms with Gasteiger partial charge < -0.3 is 5.11 Å². The van der Waals surface area contributed by atoms with Gasteiger partial charge in [-0.2, -0.15) is 0 Å². The van der Waals surface area contributed by atoms with Gasteiger partial charge in [-0.1, -0.05) is 13.8 Å². The summed E-state index contributed by atoms with van der Waals surface area (Å²) in [5.74, 6) is -1.46. The molecule has 0 amide bonds. The number of hydrogen-bond donors (Lipinski definition) is 1. The summed E-state index contributed by atoms with van der Waals surface area (Å²) in [5, 5.41) is 8.88. The van der Waals surface area contributed by atoms with Crippen LogP contribution in [0, 0.1) is 11.8 Å². The zero-order chi connectivity index (χ0) is 11.6. The number of nitrogens with zero attached hydrogens (tertiary/aromatic N) is 1. The minimum absolute atomic E-state index is 0.103. The molecule has 0 radical (unpaired) electrons. The predicted octanol–water partition coefficient (Wildman–Crippen LogP) is 0.379. The molecule has 2 unspecified atom stereocenters. The molecule has 0 aromatic rings. The van der Waals surface area contributed by atoms with Gasteiger partial charge in [-0.15, -0.1) is 0 Å². The highest BCUT2D eigenvalue weighted by molar-refractivity contribution is 7.89. The van der Waals surface area contributed by atoms with E-state index in [-0.39, 0.29) is 18.2 Å². The highest BCUT2D eigenvalue weighted by Crippen LogP contribution is 2.25. The Bertz CT molecular complexity index is 338. The number of carbonyl (C=O) groups is 1. The lowest BCUT2D eigenvalue weighted by atomic mass is 9.99. The monoisotopic (exact) mass is 235 g/mol. The van der Waals surface area contributed by atoms with E-state index in [0.29, 0.717) is 13.0 Å². The van der Waals surface area contributed by atoms with E-state index in [4.69, 9.17) is 5.11 Å². The van der Waals surface area contributed by atoms with Gasteiger partial charge in [0.2, 0.25) is 10.0 Å². The van der Waals surface area contributed by atoms with E-state index in [1.54, 1.807) is 13.8 Å². The second-order valence-electron chi connectivity index (χ2n) is 4.06. The summed E-state index contributed by atoms with van der Waals surface area (Å²) >= 11 is 0. The van der Waals surface area contributed by atoms with Crippen LogP contribution in [-0.2, 0) is 14.8 Å². The third kappa shape index (κ3) is 2.69. The van der Waals surface area contributed by atoms with Crippen LogP contribution in [-0.4, -0.2) is 42.6 Å². The Morgan fingerprint density at radius 3 is 2.47 bits per heavy atom. The summed E-state index contributed by atoms with van der Waals surface area (Å²) in [4.78, 5) is 10.8. The Morgan fingerprint density at radius 2 is 2.07 bits per heavy atom. The van der Waals surface area contributed by atoms with E-state index in [1.165, 1.54) is 4.31 Å². The van der Waals surface area contributed by atoms with Gasteiger partial charge >= 0.3 is 5.97 Å². The average molecular weight is 235 g/mol. The third-order valence-electron chi connectivity index (χ3n) is 2.75. The van der Waals surface area contributed by atoms with E-state index in [1.807, 2.05) is 0 Å². The predicted molar refractivity (Wildman–Crippen MR) is 55.9 cm³/mol. The van der Waals surface area contributed by atoms with Crippen LogP contribution in [0.3, 0.4) is 0 Å². The normalized spacial score (nSPS) is 28.1. The summed E-state index contributed by atoms with van der Waals surface area (Å²) in [7, 11) is -3.24. The first-order chi connectivity index (χ1) is 6.88. The zero-order valence-corrected chi connectivity index (χ0v) is 9.83. The van der Waals surface area contributed by atoms with Crippen molar-refractivity contribution in [3.8, 4) is 0 Å². The zero-order valence-electron chi connectivity index (χ0n) is 9.01. The van der Waals surface area contributed by atoms with Crippen LogP contribution < -0.4 is 0 Å². The van der Waals surface area contributed by atoms with Crippen LogP contribution in [0.5, 0.6) is 0 Å². The second-order valence-corrected chi connectivity index (χ2v) is 6.14. The lowest BCUT2D eigenvalue weighted by Gasteiger charge is -2.14. The molecule has 1 saturated heterocycles. The molecule has 0 bridgehead atoms. The summed E-state index contributed by atoms with van der Waals surface area (Å²) < 4.78 is 24.7. The second kappa shape index (κ2) is 4.49. The fraction of sp³-hybridized carbons (Fsp3) is 0.889. The summed E-state index contributed by atoms with van der Waals surface area (Å²) in [6.45, 7) is 4.03. The van der Waals surface area contributed by atoms with E-state index >= 15 is 0 Å². The molecule has 0 spiro atoms. The Hall–Kier alpha value is -0.620. The van der Waals surface area contributed by atoms with Gasteiger partial charge in [-0.25, -0.2) is 12.7 Å². The molecule has 15 heavy (non-hydrogen) atoms. The van der Waals surface area contributed by atoms with E-state index in [2.05, 4.69) is 0 Å². The standard InChI is InChI=1S/C9H17NO4S/c1-3-4-15(13,14)10-5-7(2)8(6-10)9(11)12/h7-8H,3-6H2,1-2H3,(H,11,12). The number of rotatable bonds is 4. The van der Waals surface area contributed by atoms with Crippen molar-refractivity contribution in [2.75, 3.05) is 18.8 Å². The smallest absolute Gasteiger partial charge is 0.308 e. The molecular weight excluding hydrogens is 218 g/mol. The molecule has 0 saturated carbocycles. The van der Waals surface area contributed by atoms with Crippen molar-refractivity contribution in [1.29, 1.82) is 0 Å². The fourth-order valence-corrected chi connectivity index (χ4v) is 3.48. The highest BCUT2D eigenvalue weighted by Gasteiger charge is 2.39. The van der Waals surface area contributed by atoms with Crippen LogP contribution in [0.2, 0.25) is 0 Å². The van der Waals surface area contributed by atoms with Crippen LogP contribution in [0.25, 0.3) is 0 Å². The summed E-state index contributed by atoms with van der Waals surface area (Å²) in [5.41, 5.74) is 0. The molecule has 1 aliphatic rings. The lowest BCUT2D eigenvalue weighted by molar-refractivity contribution is -0.142. The van der Waals surface area contributed by atoms with Crippen LogP contribution >= 0.6 is 0 Å². The molecule has 5 nitrogen and oxygen atoms in total. The molecule has 6 heteroatoms. The number of hydrogen-bond acceptors (Lipinski definition) is 3. The van der Waals surface area contributed by atoms with Gasteiger partial charge in [-0.05, 0) is 12.3 Å². The largest absolute Gasteiger partial charge is 0.481 e. The van der Waals surface area contributed by atoms with Crippen LogP contribution in [0.15, 0.2) is 0 Å². The van der Waals surface area contributed by atoms with Gasteiger partial charge in [0.15, 0.2) is 0 Å². The van der Waals surface area contributed by atoms with Crippen molar-refractivity contribution in [1.82, 2.24) is 4.31 Å². The molecule has 88 valence electrons. The third-order valence-corrected chi connectivity index (χ3v) is 4.76. The van der Waals surface area contributed by atoms with Crippen LogP contribution in [0.4, 0.5) is 0 Å². The molecule has 0 aromatic carbocycles. The van der Waals surface area contributed by atoms with Crippen molar-refractivity contribution in [2.24, 2.45) is 11.8 Å². The highest BCUT2D eigenvalue weighted by atomic mass is 32.2. The topological polar surface area (TPSA) is 74.7 Å². The minimum Gasteiger partial charge on any atom is -0.481 e. The molecule has 1 N–H and O–H groups in total. The quantitative estimate of drug-likeness (QED) is 0.764. The van der Waals surface area contributed by atoms with Crippen LogP contribution in [0.1, 0.15) is 20.3 Å². The maximum Gasteiger partial charge on any atom is 0.308 e. The number of sulfonamides is 1. The SMILES string of the molecule is CCCS(=O)(=O)N1CC(C)C(C(=O)O)C1. The van der Waals surface area contributed by atoms with Crippen molar-refractivity contribution in [2.45, 2.75) is 20.3 Å². The van der Waals surface area contributed by atoms with E-state index < -0.39 is 21.9 Å². The first kappa shape index (κ1) is 12.4. The molecule has 1 fully saturated rings. The van der Waals surface area contributed by atoms with Gasteiger partial charge in [0.1, 0.15) is 0 Å². The minimum atomic E-state index is -3.24. The Kier molecular flexibility index (Phi) is 3.72. The van der Waals surface area contributed by atoms with Gasteiger partial charge in [0.05, 0.1) is 11.7 Å². The Labute approximate surface area is 90.1 Å². The number of carboxylic acids is 1. The van der Waals surface area contributed by atoms with Gasteiger partial charge in [-0.3, -0.25) is 4.79 Å². The molecule has 1 heterocycles. The molecule has 1 aliphatic heterocycles. The Morgan fingerprint density at radius 1 is 1.47 bits per heavy atom. The molecule has 0 aliphatic carbocycles. The first-order valence-electron chi connectivity index (χ1n) is 5.09. The molecular formula is C9H17NO4S. The maximum absolute atomic E-state index is 11.7.